The number of carbonyl (C=O) groups is 12. The number of nitrogens with zero attached hydrogens (tertiary/aromatic N) is 8. The normalized spacial score (nSPS) is 20.0. The van der Waals surface area contributed by atoms with Gasteiger partial charge in [0.1, 0.15) is 61.0 Å². The van der Waals surface area contributed by atoms with Gasteiger partial charge < -0.3 is 115 Å². The van der Waals surface area contributed by atoms with Crippen LogP contribution in [0, 0.1) is 0 Å². The summed E-state index contributed by atoms with van der Waals surface area (Å²) in [4.78, 5) is 205. The third-order valence-corrected chi connectivity index (χ3v) is 18.5. The summed E-state index contributed by atoms with van der Waals surface area (Å²) >= 11 is 0. The number of hydrogen-bond donors (Lipinski definition) is 20. The minimum absolute atomic E-state index is 0.000631. The van der Waals surface area contributed by atoms with Gasteiger partial charge in [-0.2, -0.15) is 4.98 Å². The maximum absolute atomic E-state index is 14.7. The van der Waals surface area contributed by atoms with Gasteiger partial charge in [0.2, 0.25) is 65.0 Å². The number of carboxylic acid groups (broad SMARTS) is 1. The average Bonchev–Trinajstić information content (AvgIpc) is 1.63. The van der Waals surface area contributed by atoms with E-state index in [1.165, 1.54) is 106 Å². The van der Waals surface area contributed by atoms with Crippen molar-refractivity contribution in [2.24, 2.45) is 5.73 Å². The van der Waals surface area contributed by atoms with Gasteiger partial charge in [0.15, 0.2) is 11.2 Å². The highest BCUT2D eigenvalue weighted by Gasteiger charge is 2.37. The molecule has 5 aromatic heterocycles. The lowest BCUT2D eigenvalue weighted by Gasteiger charge is -2.27. The highest BCUT2D eigenvalue weighted by Crippen LogP contribution is 2.19. The van der Waals surface area contributed by atoms with Crippen LogP contribution < -0.4 is 80.8 Å². The minimum atomic E-state index is -1.86. The second kappa shape index (κ2) is 45.6. The highest BCUT2D eigenvalue weighted by atomic mass is 16.5. The standard InChI is InChI=1S/C71H101N25O19/c1-39-61(102)86-49(63(104)77-20-22-113-23-24-114-25-26-115-36-56(100)84-48(59(72)101)11-5-7-19-76-42-9-3-4-10-42)12-6-8-21-96-34-46(94-95-96)29-51(85-55(99)18-17-50(70(111)112)87-62(103)41-13-15-43(16-14-41)78-32-47-33-79-60-58(83-47)69(110)93-71(73)92-60)64(105)88-52(27-44-30-74-37-80-44)65(106)90-54(35-97)67(108)89-53(28-45-31-75-38-81-45)66(107)91-57(40(2)98)68(109)82-39/h13-16,30-31,33-34,37-40,42,48-54,57,76,78,97-98H,3-12,17-29,32,35-36H2,1-2H3,(H2,72,101)(H,74,80)(H,75,81)(H,77,104)(H,82,109)(H,84,100)(H,85,99)(H,86,102)(H,87,103)(H,88,105)(H,89,108)(H,90,106)(H,91,107)(H,111,112)(H3,73,79,92,93,110)/t39-,40+,48-,49+,50+,51+,52-,53-,54-,57-/m1/s1. The summed E-state index contributed by atoms with van der Waals surface area (Å²) in [6.45, 7) is 2.41. The van der Waals surface area contributed by atoms with Crippen molar-refractivity contribution in [3.05, 3.63) is 100 Å². The molecule has 22 N–H and O–H groups in total. The molecule has 10 atom stereocenters. The molecule has 6 heterocycles. The summed E-state index contributed by atoms with van der Waals surface area (Å²) in [5.41, 5.74) is 12.1. The smallest absolute Gasteiger partial charge is 0.326 e. The number of rotatable bonds is 36. The number of aromatic nitrogens is 11. The van der Waals surface area contributed by atoms with Crippen molar-refractivity contribution in [2.45, 2.75) is 190 Å². The first-order valence-corrected chi connectivity index (χ1v) is 37.8. The van der Waals surface area contributed by atoms with E-state index in [0.29, 0.717) is 30.3 Å². The van der Waals surface area contributed by atoms with E-state index in [9.17, 15) is 77.6 Å². The molecule has 0 radical (unpaired) electrons. The Morgan fingerprint density at radius 2 is 1.35 bits per heavy atom. The van der Waals surface area contributed by atoms with Crippen molar-refractivity contribution < 1.29 is 87.1 Å². The number of nitrogen functional groups attached to an aromatic ring is 1. The Balaban J connectivity index is 0.914. The fourth-order valence-electron chi connectivity index (χ4n) is 12.3. The molecular formula is C71H101N25O19. The summed E-state index contributed by atoms with van der Waals surface area (Å²) in [6.07, 6.45) is 11.4. The first kappa shape index (κ1) is 88.6. The number of carboxylic acids is 1. The quantitative estimate of drug-likeness (QED) is 0.0163. The van der Waals surface area contributed by atoms with E-state index in [1.807, 2.05) is 0 Å². The van der Waals surface area contributed by atoms with Crippen molar-refractivity contribution in [1.29, 1.82) is 0 Å². The van der Waals surface area contributed by atoms with Crippen LogP contribution >= 0.6 is 0 Å². The Bertz CT molecular complexity index is 4270. The maximum atomic E-state index is 14.7. The molecule has 6 aromatic rings. The van der Waals surface area contributed by atoms with E-state index in [0.717, 1.165) is 13.0 Å². The molecule has 1 fully saturated rings. The topological polar surface area (TPSA) is 649 Å². The molecule has 2 aliphatic rings. The number of aliphatic carboxylic acids is 1. The van der Waals surface area contributed by atoms with Crippen molar-refractivity contribution >= 4 is 93.7 Å². The number of nitrogens with two attached hydrogens (primary N) is 2. The molecule has 0 unspecified atom stereocenters. The number of aryl methyl sites for hydroxylation is 1. The van der Waals surface area contributed by atoms with E-state index >= 15 is 0 Å². The molecule has 0 saturated heterocycles. The number of carbonyl (C=O) groups excluding carboxylic acids is 11. The molecule has 44 nitrogen and oxygen atoms in total. The Morgan fingerprint density at radius 1 is 0.696 bits per heavy atom. The number of primary amides is 1. The van der Waals surface area contributed by atoms with Crippen LogP contribution in [0.4, 0.5) is 11.6 Å². The Hall–Kier alpha value is -12.0. The van der Waals surface area contributed by atoms with Gasteiger partial charge in [0, 0.05) is 86.0 Å². The van der Waals surface area contributed by atoms with Gasteiger partial charge in [-0.25, -0.2) is 24.7 Å². The first-order chi connectivity index (χ1) is 55.3. The van der Waals surface area contributed by atoms with Crippen LogP contribution in [0.3, 0.4) is 0 Å². The second-order valence-corrected chi connectivity index (χ2v) is 27.6. The lowest BCUT2D eigenvalue weighted by Crippen LogP contribution is -2.62. The lowest BCUT2D eigenvalue weighted by atomic mass is 10.1. The second-order valence-electron chi connectivity index (χ2n) is 27.6. The molecule has 1 saturated carbocycles. The number of hydrogen-bond acceptors (Lipinski definition) is 28. The molecule has 1 aliphatic carbocycles. The van der Waals surface area contributed by atoms with Crippen molar-refractivity contribution in [3.63, 3.8) is 0 Å². The highest BCUT2D eigenvalue weighted by molar-refractivity contribution is 5.99. The van der Waals surface area contributed by atoms with Gasteiger partial charge in [-0.05, 0) is 102 Å². The summed E-state index contributed by atoms with van der Waals surface area (Å²) in [5, 5.41) is 72.1. The van der Waals surface area contributed by atoms with Crippen LogP contribution in [0.1, 0.15) is 124 Å². The third kappa shape index (κ3) is 29.5. The number of aliphatic hydroxyl groups excluding tert-OH is 2. The van der Waals surface area contributed by atoms with E-state index in [-0.39, 0.29) is 131 Å². The number of fused-ring (bicyclic) bond motifs is 3. The molecule has 2 bridgehead atoms. The first-order valence-electron chi connectivity index (χ1n) is 37.8. The van der Waals surface area contributed by atoms with Crippen molar-refractivity contribution in [2.75, 3.05) is 70.4 Å². The SMILES string of the molecule is C[C@H](O)[C@H]1NC(=O)[C@@H](Cc2cnc[nH]2)NC(=O)[C@@H](CO)NC(=O)[C@@H](Cc2cnc[nH]2)NC(=O)[C@@H](NC(=O)CC[C@H](NC(=O)c2ccc(NCc3cnc4nc(N)[nH]c(=O)c4n3)cc2)C(=O)O)Cc2cn(nn2)CCCC[C@@H](C(=O)NCCOCCOCCOCC(=O)N[C@H](CCCCNC2CCCC2)C(N)=O)NC(=O)[C@@H](C)NC1=O. The molecule has 11 amide bonds. The number of nitrogens with one attached hydrogen (secondary N) is 15. The minimum Gasteiger partial charge on any atom is -0.480 e. The van der Waals surface area contributed by atoms with Crippen LogP contribution in [-0.4, -0.2) is 267 Å². The number of aromatic amines is 3. The van der Waals surface area contributed by atoms with Gasteiger partial charge in [-0.1, -0.05) is 18.1 Å². The molecule has 1 aliphatic heterocycles. The number of amides is 11. The fourth-order valence-corrected chi connectivity index (χ4v) is 12.3. The Morgan fingerprint density at radius 3 is 2.01 bits per heavy atom. The predicted molar refractivity (Wildman–Crippen MR) is 405 cm³/mol. The summed E-state index contributed by atoms with van der Waals surface area (Å²) < 4.78 is 18.0. The molecule has 0 spiro atoms. The van der Waals surface area contributed by atoms with Crippen LogP contribution in [0.15, 0.2) is 66.5 Å². The summed E-state index contributed by atoms with van der Waals surface area (Å²) in [7, 11) is 0. The van der Waals surface area contributed by atoms with Gasteiger partial charge in [-0.3, -0.25) is 67.2 Å². The zero-order chi connectivity index (χ0) is 82.8. The van der Waals surface area contributed by atoms with Gasteiger partial charge in [0.25, 0.3) is 11.5 Å². The van der Waals surface area contributed by atoms with Gasteiger partial charge in [0.05, 0.1) is 82.5 Å². The zero-order valence-corrected chi connectivity index (χ0v) is 63.6. The van der Waals surface area contributed by atoms with Crippen LogP contribution in [0.5, 0.6) is 0 Å². The number of H-pyrrole nitrogens is 3. The zero-order valence-electron chi connectivity index (χ0n) is 63.6. The monoisotopic (exact) mass is 1610 g/mol. The van der Waals surface area contributed by atoms with Gasteiger partial charge >= 0.3 is 5.97 Å². The molecule has 8 rings (SSSR count). The van der Waals surface area contributed by atoms with E-state index in [2.05, 4.69) is 114 Å². The number of aliphatic hydroxyl groups is 2. The average molecular weight is 1610 g/mol. The van der Waals surface area contributed by atoms with Crippen LogP contribution in [-0.2, 0) is 99.3 Å². The van der Waals surface area contributed by atoms with Crippen molar-refractivity contribution in [3.8, 4) is 0 Å². The number of benzene rings is 1. The number of ether oxygens (including phenoxy) is 3. The number of imidazole rings is 2. The number of anilines is 2. The summed E-state index contributed by atoms with van der Waals surface area (Å²) in [6, 6.07) is -7.27. The van der Waals surface area contributed by atoms with Crippen LogP contribution in [0.2, 0.25) is 0 Å². The maximum Gasteiger partial charge on any atom is 0.326 e. The Labute approximate surface area is 658 Å². The van der Waals surface area contributed by atoms with Crippen LogP contribution in [0.25, 0.3) is 11.2 Å². The largest absolute Gasteiger partial charge is 0.480 e. The molecule has 115 heavy (non-hydrogen) atoms. The molecule has 44 heteroatoms. The Kier molecular flexibility index (Phi) is 35.1. The van der Waals surface area contributed by atoms with Crippen molar-refractivity contribution in [1.82, 2.24) is 113 Å². The van der Waals surface area contributed by atoms with E-state index in [1.54, 1.807) is 0 Å². The lowest BCUT2D eigenvalue weighted by molar-refractivity contribution is -0.139. The molecule has 1 aromatic carbocycles. The number of unbranched alkanes of at least 4 members (excludes halogenated alkanes) is 1. The molecular weight excluding hydrogens is 1510 g/mol. The fraction of sp³-hybridized carbons (Fsp3) is 0.549. The van der Waals surface area contributed by atoms with E-state index in [4.69, 9.17) is 25.7 Å². The van der Waals surface area contributed by atoms with E-state index < -0.39 is 163 Å². The predicted octanol–water partition coefficient (Wildman–Crippen LogP) is -5.55. The molecule has 624 valence electrons. The third-order valence-electron chi connectivity index (χ3n) is 18.5. The van der Waals surface area contributed by atoms with Gasteiger partial charge in [-0.15, -0.1) is 5.10 Å². The summed E-state index contributed by atoms with van der Waals surface area (Å²) in [5.74, 6) is -11.4.